The van der Waals surface area contributed by atoms with Gasteiger partial charge in [-0.05, 0) is 30.5 Å². The Morgan fingerprint density at radius 2 is 2.06 bits per heavy atom. The van der Waals surface area contributed by atoms with Gasteiger partial charge in [0.05, 0.1) is 5.69 Å². The molecule has 4 nitrogen and oxygen atoms in total. The minimum atomic E-state index is -0.490. The van der Waals surface area contributed by atoms with Crippen LogP contribution in [-0.2, 0) is 0 Å². The average Bonchev–Trinajstić information content (AvgIpc) is 2.38. The summed E-state index contributed by atoms with van der Waals surface area (Å²) < 4.78 is 12.9. The van der Waals surface area contributed by atoms with Gasteiger partial charge < -0.3 is 4.98 Å². The third kappa shape index (κ3) is 2.26. The maximum Gasteiger partial charge on any atom is 0.270 e. The second kappa shape index (κ2) is 5.02. The minimum Gasteiger partial charge on any atom is -0.300 e. The second-order valence-electron chi connectivity index (χ2n) is 3.42. The lowest BCUT2D eigenvalue weighted by molar-refractivity contribution is 0.628. The third-order valence-electron chi connectivity index (χ3n) is 2.32. The summed E-state index contributed by atoms with van der Waals surface area (Å²) in [7, 11) is 0. The Labute approximate surface area is 107 Å². The van der Waals surface area contributed by atoms with Gasteiger partial charge in [-0.3, -0.25) is 4.79 Å². The highest BCUT2D eigenvalue weighted by atomic mass is 32.2. The fourth-order valence-electron chi connectivity index (χ4n) is 1.47. The molecule has 2 rings (SSSR count). The number of hydrogen-bond donors (Lipinski definition) is 1. The third-order valence-corrected chi connectivity index (χ3v) is 2.90. The number of nitrogens with zero attached hydrogens (tertiary/aromatic N) is 2. The molecule has 0 unspecified atom stereocenters. The number of H-pyrrole nitrogens is 1. The van der Waals surface area contributed by atoms with Crippen molar-refractivity contribution >= 4 is 11.8 Å². The summed E-state index contributed by atoms with van der Waals surface area (Å²) in [5.74, 6) is -0.382. The summed E-state index contributed by atoms with van der Waals surface area (Å²) >= 11 is 1.26. The van der Waals surface area contributed by atoms with E-state index in [1.807, 2.05) is 6.07 Å². The summed E-state index contributed by atoms with van der Waals surface area (Å²) in [5, 5.41) is 9.40. The number of aromatic nitrogens is 2. The second-order valence-corrected chi connectivity index (χ2v) is 4.21. The van der Waals surface area contributed by atoms with Gasteiger partial charge in [0.25, 0.3) is 5.56 Å². The first-order valence-corrected chi connectivity index (χ1v) is 6.22. The van der Waals surface area contributed by atoms with Crippen LogP contribution in [0, 0.1) is 17.1 Å². The van der Waals surface area contributed by atoms with Gasteiger partial charge in [0.2, 0.25) is 0 Å². The largest absolute Gasteiger partial charge is 0.300 e. The number of hydrogen-bond acceptors (Lipinski definition) is 4. The Morgan fingerprint density at radius 1 is 1.39 bits per heavy atom. The molecule has 2 aromatic rings. The average molecular weight is 261 g/mol. The molecule has 0 fully saturated rings. The van der Waals surface area contributed by atoms with Gasteiger partial charge in [-0.1, -0.05) is 11.8 Å². The highest BCUT2D eigenvalue weighted by Crippen LogP contribution is 2.21. The van der Waals surface area contributed by atoms with E-state index < -0.39 is 5.56 Å². The van der Waals surface area contributed by atoms with Gasteiger partial charge in [0.15, 0.2) is 5.16 Å². The van der Waals surface area contributed by atoms with Gasteiger partial charge in [0, 0.05) is 5.56 Å². The summed E-state index contributed by atoms with van der Waals surface area (Å²) in [4.78, 5) is 18.4. The maximum atomic E-state index is 12.9. The zero-order valence-electron chi connectivity index (χ0n) is 9.40. The molecule has 0 radical (unpaired) electrons. The van der Waals surface area contributed by atoms with E-state index in [0.29, 0.717) is 10.7 Å². The van der Waals surface area contributed by atoms with Gasteiger partial charge in [-0.15, -0.1) is 0 Å². The fourth-order valence-corrected chi connectivity index (χ4v) is 1.85. The molecule has 0 saturated carbocycles. The molecule has 1 N–H and O–H groups in total. The molecular weight excluding hydrogens is 253 g/mol. The Morgan fingerprint density at radius 3 is 2.61 bits per heavy atom. The summed E-state index contributed by atoms with van der Waals surface area (Å²) in [6, 6.07) is 7.32. The molecule has 0 saturated heterocycles. The van der Waals surface area contributed by atoms with Crippen LogP contribution >= 0.6 is 11.8 Å². The van der Waals surface area contributed by atoms with Crippen molar-refractivity contribution in [3.8, 4) is 17.3 Å². The molecule has 0 aliphatic carbocycles. The first-order valence-electron chi connectivity index (χ1n) is 5.00. The summed E-state index contributed by atoms with van der Waals surface area (Å²) in [6.07, 6.45) is 1.76. The Bertz CT molecular complexity index is 673. The quantitative estimate of drug-likeness (QED) is 0.664. The van der Waals surface area contributed by atoms with E-state index in [9.17, 15) is 9.18 Å². The van der Waals surface area contributed by atoms with Crippen LogP contribution < -0.4 is 5.56 Å². The van der Waals surface area contributed by atoms with Crippen molar-refractivity contribution in [2.24, 2.45) is 0 Å². The molecular formula is C12H8FN3OS. The molecule has 6 heteroatoms. The van der Waals surface area contributed by atoms with Crippen molar-refractivity contribution in [1.82, 2.24) is 9.97 Å². The molecule has 0 atom stereocenters. The van der Waals surface area contributed by atoms with E-state index in [2.05, 4.69) is 9.97 Å². The van der Waals surface area contributed by atoms with E-state index in [0.717, 1.165) is 0 Å². The minimum absolute atomic E-state index is 0.0700. The van der Waals surface area contributed by atoms with Gasteiger partial charge >= 0.3 is 0 Å². The molecule has 0 amide bonds. The van der Waals surface area contributed by atoms with E-state index in [1.54, 1.807) is 6.26 Å². The molecule has 1 aromatic heterocycles. The monoisotopic (exact) mass is 261 g/mol. The molecule has 0 aliphatic rings. The van der Waals surface area contributed by atoms with Crippen LogP contribution in [0.4, 0.5) is 4.39 Å². The van der Waals surface area contributed by atoms with Gasteiger partial charge in [0.1, 0.15) is 17.4 Å². The molecule has 0 spiro atoms. The van der Waals surface area contributed by atoms with E-state index >= 15 is 0 Å². The number of thioether (sulfide) groups is 1. The Hall–Kier alpha value is -2.13. The number of rotatable bonds is 2. The van der Waals surface area contributed by atoms with Crippen molar-refractivity contribution in [2.75, 3.05) is 6.26 Å². The zero-order chi connectivity index (χ0) is 13.1. The predicted octanol–water partition coefficient (Wildman–Crippen LogP) is 2.17. The molecule has 1 aromatic carbocycles. The Balaban J connectivity index is 2.69. The van der Waals surface area contributed by atoms with Crippen molar-refractivity contribution < 1.29 is 4.39 Å². The van der Waals surface area contributed by atoms with Gasteiger partial charge in [-0.25, -0.2) is 9.37 Å². The first kappa shape index (κ1) is 12.3. The van der Waals surface area contributed by atoms with Crippen LogP contribution in [0.1, 0.15) is 5.56 Å². The van der Waals surface area contributed by atoms with Crippen molar-refractivity contribution in [2.45, 2.75) is 5.16 Å². The summed E-state index contributed by atoms with van der Waals surface area (Å²) in [5.41, 5.74) is 0.246. The normalized spacial score (nSPS) is 10.1. The van der Waals surface area contributed by atoms with E-state index in [1.165, 1.54) is 36.0 Å². The lowest BCUT2D eigenvalue weighted by Crippen LogP contribution is -2.14. The number of nitrogens with one attached hydrogen (secondary N) is 1. The molecule has 90 valence electrons. The highest BCUT2D eigenvalue weighted by Gasteiger charge is 2.12. The smallest absolute Gasteiger partial charge is 0.270 e. The topological polar surface area (TPSA) is 69.5 Å². The standard InChI is InChI=1S/C12H8FN3OS/c1-18-12-15-10(9(6-14)11(17)16-12)7-2-4-8(13)5-3-7/h2-5H,1H3,(H,15,16,17). The maximum absolute atomic E-state index is 12.9. The van der Waals surface area contributed by atoms with Crippen molar-refractivity contribution in [1.29, 1.82) is 5.26 Å². The highest BCUT2D eigenvalue weighted by molar-refractivity contribution is 7.98. The Kier molecular flexibility index (Phi) is 3.44. The fraction of sp³-hybridized carbons (Fsp3) is 0.0833. The molecule has 0 aliphatic heterocycles. The zero-order valence-corrected chi connectivity index (χ0v) is 10.2. The first-order chi connectivity index (χ1) is 8.65. The molecule has 0 bridgehead atoms. The molecule has 1 heterocycles. The number of aromatic amines is 1. The summed E-state index contributed by atoms with van der Waals surface area (Å²) in [6.45, 7) is 0. The van der Waals surface area contributed by atoms with Crippen LogP contribution in [0.3, 0.4) is 0 Å². The van der Waals surface area contributed by atoms with Crippen molar-refractivity contribution in [3.05, 3.63) is 46.0 Å². The van der Waals surface area contributed by atoms with Crippen LogP contribution in [0.25, 0.3) is 11.3 Å². The lowest BCUT2D eigenvalue weighted by atomic mass is 10.1. The van der Waals surface area contributed by atoms with Crippen LogP contribution in [0.15, 0.2) is 34.2 Å². The lowest BCUT2D eigenvalue weighted by Gasteiger charge is -2.04. The predicted molar refractivity (Wildman–Crippen MR) is 66.7 cm³/mol. The number of benzene rings is 1. The van der Waals surface area contributed by atoms with E-state index in [4.69, 9.17) is 5.26 Å². The van der Waals surface area contributed by atoms with Gasteiger partial charge in [-0.2, -0.15) is 5.26 Å². The van der Waals surface area contributed by atoms with Crippen LogP contribution in [0.5, 0.6) is 0 Å². The SMILES string of the molecule is CSc1nc(-c2ccc(F)cc2)c(C#N)c(=O)[nH]1. The van der Waals surface area contributed by atoms with Crippen LogP contribution in [-0.4, -0.2) is 16.2 Å². The molecule has 18 heavy (non-hydrogen) atoms. The van der Waals surface area contributed by atoms with Crippen molar-refractivity contribution in [3.63, 3.8) is 0 Å². The van der Waals surface area contributed by atoms with Crippen LogP contribution in [0.2, 0.25) is 0 Å². The van der Waals surface area contributed by atoms with E-state index in [-0.39, 0.29) is 17.1 Å². The number of nitriles is 1. The number of halogens is 1.